The van der Waals surface area contributed by atoms with Gasteiger partial charge in [0.15, 0.2) is 0 Å². The Labute approximate surface area is 91.4 Å². The lowest BCUT2D eigenvalue weighted by Crippen LogP contribution is -2.34. The second-order valence-electron chi connectivity index (χ2n) is 4.35. The zero-order chi connectivity index (χ0) is 10.8. The highest BCUT2D eigenvalue weighted by Gasteiger charge is 2.27. The van der Waals surface area contributed by atoms with E-state index in [-0.39, 0.29) is 0 Å². The number of hydrogen-bond acceptors (Lipinski definition) is 2. The molecule has 1 aromatic rings. The summed E-state index contributed by atoms with van der Waals surface area (Å²) in [5.74, 6) is 1.68. The maximum absolute atomic E-state index is 5.81. The SMILES string of the molecule is CCc1cc(C2CC(N)C2)ccc1OC. The van der Waals surface area contributed by atoms with Crippen LogP contribution in [0.3, 0.4) is 0 Å². The Morgan fingerprint density at radius 2 is 2.13 bits per heavy atom. The van der Waals surface area contributed by atoms with Crippen molar-refractivity contribution in [3.63, 3.8) is 0 Å². The van der Waals surface area contributed by atoms with Crippen LogP contribution in [0.5, 0.6) is 5.75 Å². The fraction of sp³-hybridized carbons (Fsp3) is 0.538. The van der Waals surface area contributed by atoms with Gasteiger partial charge < -0.3 is 10.5 Å². The van der Waals surface area contributed by atoms with E-state index in [4.69, 9.17) is 10.5 Å². The summed E-state index contributed by atoms with van der Waals surface area (Å²) in [6.07, 6.45) is 3.29. The number of benzene rings is 1. The van der Waals surface area contributed by atoms with Gasteiger partial charge in [0.2, 0.25) is 0 Å². The molecule has 0 unspecified atom stereocenters. The van der Waals surface area contributed by atoms with Crippen molar-refractivity contribution in [3.8, 4) is 5.75 Å². The summed E-state index contributed by atoms with van der Waals surface area (Å²) >= 11 is 0. The van der Waals surface area contributed by atoms with E-state index in [1.54, 1.807) is 7.11 Å². The van der Waals surface area contributed by atoms with Crippen LogP contribution < -0.4 is 10.5 Å². The number of nitrogens with two attached hydrogens (primary N) is 1. The van der Waals surface area contributed by atoms with Gasteiger partial charge in [-0.25, -0.2) is 0 Å². The molecule has 0 heterocycles. The number of rotatable bonds is 3. The Kier molecular flexibility index (Phi) is 2.96. The fourth-order valence-electron chi connectivity index (χ4n) is 2.26. The van der Waals surface area contributed by atoms with Gasteiger partial charge in [-0.2, -0.15) is 0 Å². The molecule has 2 heteroatoms. The largest absolute Gasteiger partial charge is 0.496 e. The molecule has 0 saturated heterocycles. The Morgan fingerprint density at radius 1 is 1.40 bits per heavy atom. The van der Waals surface area contributed by atoms with Crippen LogP contribution in [0.4, 0.5) is 0 Å². The van der Waals surface area contributed by atoms with Crippen LogP contribution in [0, 0.1) is 0 Å². The van der Waals surface area contributed by atoms with Crippen molar-refractivity contribution < 1.29 is 4.74 Å². The van der Waals surface area contributed by atoms with Gasteiger partial charge in [0.25, 0.3) is 0 Å². The third kappa shape index (κ3) is 2.00. The molecule has 82 valence electrons. The smallest absolute Gasteiger partial charge is 0.122 e. The van der Waals surface area contributed by atoms with Crippen molar-refractivity contribution in [3.05, 3.63) is 29.3 Å². The number of aryl methyl sites for hydroxylation is 1. The van der Waals surface area contributed by atoms with Gasteiger partial charge in [-0.15, -0.1) is 0 Å². The monoisotopic (exact) mass is 205 g/mol. The predicted molar refractivity (Wildman–Crippen MR) is 62.3 cm³/mol. The minimum Gasteiger partial charge on any atom is -0.496 e. The lowest BCUT2D eigenvalue weighted by molar-refractivity contribution is 0.350. The van der Waals surface area contributed by atoms with Crippen molar-refractivity contribution in [2.45, 2.75) is 38.1 Å². The number of methoxy groups -OCH3 is 1. The van der Waals surface area contributed by atoms with Crippen molar-refractivity contribution >= 4 is 0 Å². The number of hydrogen-bond donors (Lipinski definition) is 1. The van der Waals surface area contributed by atoms with Crippen molar-refractivity contribution in [1.82, 2.24) is 0 Å². The lowest BCUT2D eigenvalue weighted by atomic mass is 9.76. The molecule has 0 aromatic heterocycles. The average Bonchev–Trinajstić information content (AvgIpc) is 2.24. The van der Waals surface area contributed by atoms with E-state index < -0.39 is 0 Å². The highest BCUT2D eigenvalue weighted by atomic mass is 16.5. The van der Waals surface area contributed by atoms with E-state index in [0.29, 0.717) is 12.0 Å². The average molecular weight is 205 g/mol. The van der Waals surface area contributed by atoms with Crippen LogP contribution in [-0.2, 0) is 6.42 Å². The summed E-state index contributed by atoms with van der Waals surface area (Å²) in [7, 11) is 1.73. The topological polar surface area (TPSA) is 35.2 Å². The molecule has 0 spiro atoms. The van der Waals surface area contributed by atoms with E-state index >= 15 is 0 Å². The van der Waals surface area contributed by atoms with E-state index in [9.17, 15) is 0 Å². The van der Waals surface area contributed by atoms with Gasteiger partial charge in [-0.1, -0.05) is 19.1 Å². The Bertz CT molecular complexity index is 342. The summed E-state index contributed by atoms with van der Waals surface area (Å²) in [5.41, 5.74) is 8.53. The molecular weight excluding hydrogens is 186 g/mol. The highest BCUT2D eigenvalue weighted by Crippen LogP contribution is 2.37. The van der Waals surface area contributed by atoms with Crippen LogP contribution in [0.25, 0.3) is 0 Å². The van der Waals surface area contributed by atoms with Crippen molar-refractivity contribution in [2.24, 2.45) is 5.73 Å². The lowest BCUT2D eigenvalue weighted by Gasteiger charge is -2.33. The van der Waals surface area contributed by atoms with Gasteiger partial charge >= 0.3 is 0 Å². The minimum atomic E-state index is 0.419. The molecule has 0 amide bonds. The second kappa shape index (κ2) is 4.23. The van der Waals surface area contributed by atoms with Crippen LogP contribution in [0.1, 0.15) is 36.8 Å². The normalized spacial score (nSPS) is 24.7. The third-order valence-electron chi connectivity index (χ3n) is 3.33. The molecule has 0 radical (unpaired) electrons. The Hall–Kier alpha value is -1.02. The van der Waals surface area contributed by atoms with Crippen LogP contribution in [0.15, 0.2) is 18.2 Å². The second-order valence-corrected chi connectivity index (χ2v) is 4.35. The quantitative estimate of drug-likeness (QED) is 0.822. The highest BCUT2D eigenvalue weighted by molar-refractivity contribution is 5.39. The first kappa shape index (κ1) is 10.5. The van der Waals surface area contributed by atoms with E-state index in [1.165, 1.54) is 11.1 Å². The summed E-state index contributed by atoms with van der Waals surface area (Å²) < 4.78 is 5.32. The van der Waals surface area contributed by atoms with Crippen molar-refractivity contribution in [1.29, 1.82) is 0 Å². The Morgan fingerprint density at radius 3 is 2.67 bits per heavy atom. The number of ether oxygens (including phenoxy) is 1. The zero-order valence-corrected chi connectivity index (χ0v) is 9.49. The molecular formula is C13H19NO. The fourth-order valence-corrected chi connectivity index (χ4v) is 2.26. The molecule has 1 aromatic carbocycles. The molecule has 1 fully saturated rings. The summed E-state index contributed by atoms with van der Waals surface area (Å²) in [5, 5.41) is 0. The van der Waals surface area contributed by atoms with Crippen molar-refractivity contribution in [2.75, 3.05) is 7.11 Å². The molecule has 15 heavy (non-hydrogen) atoms. The standard InChI is InChI=1S/C13H19NO/c1-3-9-6-10(4-5-13(9)15-2)11-7-12(14)8-11/h4-6,11-12H,3,7-8,14H2,1-2H3. The summed E-state index contributed by atoms with van der Waals surface area (Å²) in [4.78, 5) is 0. The maximum atomic E-state index is 5.81. The first-order chi connectivity index (χ1) is 7.24. The van der Waals surface area contributed by atoms with E-state index in [1.807, 2.05) is 0 Å². The molecule has 1 aliphatic carbocycles. The van der Waals surface area contributed by atoms with Crippen LogP contribution >= 0.6 is 0 Å². The van der Waals surface area contributed by atoms with E-state index in [0.717, 1.165) is 25.0 Å². The third-order valence-corrected chi connectivity index (χ3v) is 3.33. The summed E-state index contributed by atoms with van der Waals surface area (Å²) in [6.45, 7) is 2.16. The van der Waals surface area contributed by atoms with Crippen LogP contribution in [0.2, 0.25) is 0 Å². The Balaban J connectivity index is 2.19. The van der Waals surface area contributed by atoms with Gasteiger partial charge in [-0.05, 0) is 42.4 Å². The first-order valence-electron chi connectivity index (χ1n) is 5.67. The van der Waals surface area contributed by atoms with Gasteiger partial charge in [-0.3, -0.25) is 0 Å². The van der Waals surface area contributed by atoms with E-state index in [2.05, 4.69) is 25.1 Å². The molecule has 2 nitrogen and oxygen atoms in total. The molecule has 2 rings (SSSR count). The molecule has 1 aliphatic rings. The molecule has 2 N–H and O–H groups in total. The van der Waals surface area contributed by atoms with Crippen LogP contribution in [-0.4, -0.2) is 13.2 Å². The molecule has 0 bridgehead atoms. The van der Waals surface area contributed by atoms with Gasteiger partial charge in [0.05, 0.1) is 7.11 Å². The zero-order valence-electron chi connectivity index (χ0n) is 9.49. The predicted octanol–water partition coefficient (Wildman–Crippen LogP) is 2.46. The van der Waals surface area contributed by atoms with Gasteiger partial charge in [0, 0.05) is 6.04 Å². The molecule has 0 atom stereocenters. The molecule has 0 aliphatic heterocycles. The maximum Gasteiger partial charge on any atom is 0.122 e. The molecule has 1 saturated carbocycles. The first-order valence-corrected chi connectivity index (χ1v) is 5.67. The van der Waals surface area contributed by atoms with Gasteiger partial charge in [0.1, 0.15) is 5.75 Å². The summed E-state index contributed by atoms with van der Waals surface area (Å²) in [6, 6.07) is 6.95. The minimum absolute atomic E-state index is 0.419.